The molecule has 0 spiro atoms. The largest absolute Gasteiger partial charge is 0.335 e. The third-order valence-electron chi connectivity index (χ3n) is 3.46. The van der Waals surface area contributed by atoms with Gasteiger partial charge in [0.2, 0.25) is 0 Å². The first-order valence-electron chi connectivity index (χ1n) is 6.46. The van der Waals surface area contributed by atoms with Gasteiger partial charge in [0.1, 0.15) is 0 Å². The maximum atomic E-state index is 12.0. The van der Waals surface area contributed by atoms with Crippen molar-refractivity contribution < 1.29 is 8.42 Å². The number of imidazole rings is 1. The Kier molecular flexibility index (Phi) is 5.00. The van der Waals surface area contributed by atoms with E-state index in [4.69, 9.17) is 0 Å². The number of halogens is 1. The minimum Gasteiger partial charge on any atom is -0.335 e. The molecule has 8 heteroatoms. The highest BCUT2D eigenvalue weighted by molar-refractivity contribution is 7.89. The van der Waals surface area contributed by atoms with Crippen molar-refractivity contribution in [1.29, 1.82) is 0 Å². The molecule has 1 aliphatic rings. The first-order valence-corrected chi connectivity index (χ1v) is 7.94. The molecule has 1 atom stereocenters. The monoisotopic (exact) mass is 328 g/mol. The van der Waals surface area contributed by atoms with Crippen LogP contribution in [-0.4, -0.2) is 31.5 Å². The van der Waals surface area contributed by atoms with E-state index in [0.717, 1.165) is 18.5 Å². The van der Waals surface area contributed by atoms with Crippen LogP contribution in [0.15, 0.2) is 41.8 Å². The lowest BCUT2D eigenvalue weighted by atomic mass is 9.95. The average molecular weight is 329 g/mol. The Labute approximate surface area is 129 Å². The van der Waals surface area contributed by atoms with Crippen LogP contribution in [0.5, 0.6) is 0 Å². The van der Waals surface area contributed by atoms with Crippen molar-refractivity contribution in [2.75, 3.05) is 13.1 Å². The number of H-pyrrole nitrogens is 1. The van der Waals surface area contributed by atoms with Crippen LogP contribution in [0.1, 0.15) is 17.2 Å². The van der Waals surface area contributed by atoms with Gasteiger partial charge in [0.05, 0.1) is 12.5 Å². The molecular weight excluding hydrogens is 312 g/mol. The second-order valence-corrected chi connectivity index (χ2v) is 6.46. The summed E-state index contributed by atoms with van der Waals surface area (Å²) < 4.78 is 26.7. The van der Waals surface area contributed by atoms with E-state index in [2.05, 4.69) is 26.1 Å². The van der Waals surface area contributed by atoms with E-state index in [-0.39, 0.29) is 23.5 Å². The first kappa shape index (κ1) is 16.0. The van der Waals surface area contributed by atoms with Gasteiger partial charge in [-0.3, -0.25) is 0 Å². The quantitative estimate of drug-likeness (QED) is 0.781. The van der Waals surface area contributed by atoms with E-state index in [0.29, 0.717) is 6.54 Å². The van der Waals surface area contributed by atoms with Gasteiger partial charge in [-0.05, 0) is 24.1 Å². The molecule has 114 valence electrons. The van der Waals surface area contributed by atoms with Crippen LogP contribution in [0.3, 0.4) is 0 Å². The zero-order chi connectivity index (χ0) is 14.0. The van der Waals surface area contributed by atoms with Crippen LogP contribution in [0.2, 0.25) is 0 Å². The highest BCUT2D eigenvalue weighted by Gasteiger charge is 2.22. The number of aromatic nitrogens is 2. The van der Waals surface area contributed by atoms with Crippen LogP contribution < -0.4 is 10.0 Å². The minimum absolute atomic E-state index is 0. The van der Waals surface area contributed by atoms with E-state index >= 15 is 0 Å². The molecule has 21 heavy (non-hydrogen) atoms. The molecule has 0 fully saturated rings. The van der Waals surface area contributed by atoms with Gasteiger partial charge in [-0.25, -0.2) is 18.1 Å². The normalized spacial score (nSPS) is 17.8. The van der Waals surface area contributed by atoms with E-state index in [1.807, 2.05) is 18.2 Å². The van der Waals surface area contributed by atoms with Gasteiger partial charge >= 0.3 is 0 Å². The van der Waals surface area contributed by atoms with Crippen LogP contribution in [0.25, 0.3) is 0 Å². The summed E-state index contributed by atoms with van der Waals surface area (Å²) in [5.74, 6) is 0. The second-order valence-electron chi connectivity index (χ2n) is 4.72. The number of fused-ring (bicyclic) bond motifs is 1. The van der Waals surface area contributed by atoms with E-state index < -0.39 is 10.0 Å². The predicted molar refractivity (Wildman–Crippen MR) is 81.9 cm³/mol. The minimum atomic E-state index is -3.53. The van der Waals surface area contributed by atoms with Crippen molar-refractivity contribution in [3.8, 4) is 0 Å². The van der Waals surface area contributed by atoms with E-state index in [1.54, 1.807) is 0 Å². The van der Waals surface area contributed by atoms with Crippen LogP contribution >= 0.6 is 12.4 Å². The van der Waals surface area contributed by atoms with Gasteiger partial charge in [-0.1, -0.05) is 24.3 Å². The molecule has 1 aromatic carbocycles. The summed E-state index contributed by atoms with van der Waals surface area (Å²) in [5.41, 5.74) is 2.43. The third kappa shape index (κ3) is 3.44. The summed E-state index contributed by atoms with van der Waals surface area (Å²) in [6, 6.07) is 8.11. The SMILES string of the molecule is Cl.O=S(=O)(NCC1NCCc2ccccc21)c1cnc[nH]1. The standard InChI is InChI=1S/C13H16N4O2S.ClH/c18-20(19,13-8-14-9-16-13)17-7-12-11-4-2-1-3-10(11)5-6-15-12;/h1-4,8-9,12,15,17H,5-7H2,(H,14,16);1H. The molecule has 0 bridgehead atoms. The predicted octanol–water partition coefficient (Wildman–Crippen LogP) is 0.997. The summed E-state index contributed by atoms with van der Waals surface area (Å²) in [6.07, 6.45) is 3.62. The molecule has 0 aliphatic carbocycles. The summed E-state index contributed by atoms with van der Waals surface area (Å²) in [6.45, 7) is 1.17. The number of nitrogens with zero attached hydrogens (tertiary/aromatic N) is 1. The van der Waals surface area contributed by atoms with Crippen LogP contribution in [-0.2, 0) is 16.4 Å². The van der Waals surface area contributed by atoms with Gasteiger partial charge in [0.25, 0.3) is 10.0 Å². The lowest BCUT2D eigenvalue weighted by molar-refractivity contribution is 0.491. The molecule has 3 N–H and O–H groups in total. The molecule has 0 radical (unpaired) electrons. The lowest BCUT2D eigenvalue weighted by Gasteiger charge is -2.26. The number of hydrogen-bond acceptors (Lipinski definition) is 4. The van der Waals surface area contributed by atoms with Crippen molar-refractivity contribution in [3.63, 3.8) is 0 Å². The molecule has 1 aliphatic heterocycles. The maximum absolute atomic E-state index is 12.0. The fourth-order valence-electron chi connectivity index (χ4n) is 2.44. The Hall–Kier alpha value is -1.41. The van der Waals surface area contributed by atoms with E-state index in [9.17, 15) is 8.42 Å². The summed E-state index contributed by atoms with van der Waals surface area (Å²) in [7, 11) is -3.53. The first-order chi connectivity index (χ1) is 9.67. The Morgan fingerprint density at radius 2 is 2.14 bits per heavy atom. The van der Waals surface area contributed by atoms with Crippen LogP contribution in [0.4, 0.5) is 0 Å². The smallest absolute Gasteiger partial charge is 0.257 e. The zero-order valence-electron chi connectivity index (χ0n) is 11.2. The average Bonchev–Trinajstić information content (AvgIpc) is 3.00. The molecule has 0 amide bonds. The van der Waals surface area contributed by atoms with Crippen molar-refractivity contribution in [2.24, 2.45) is 0 Å². The number of sulfonamides is 1. The zero-order valence-corrected chi connectivity index (χ0v) is 12.9. The lowest BCUT2D eigenvalue weighted by Crippen LogP contribution is -2.38. The molecule has 2 heterocycles. The fraction of sp³-hybridized carbons (Fsp3) is 0.308. The Morgan fingerprint density at radius 3 is 2.90 bits per heavy atom. The second kappa shape index (κ2) is 6.57. The maximum Gasteiger partial charge on any atom is 0.257 e. The molecule has 0 saturated carbocycles. The van der Waals surface area contributed by atoms with E-state index in [1.165, 1.54) is 18.1 Å². The fourth-order valence-corrected chi connectivity index (χ4v) is 3.38. The highest BCUT2D eigenvalue weighted by Crippen LogP contribution is 2.22. The van der Waals surface area contributed by atoms with Crippen molar-refractivity contribution in [1.82, 2.24) is 20.0 Å². The van der Waals surface area contributed by atoms with Gasteiger partial charge < -0.3 is 10.3 Å². The molecule has 1 aromatic heterocycles. The third-order valence-corrected chi connectivity index (χ3v) is 4.80. The number of rotatable bonds is 4. The van der Waals surface area contributed by atoms with Crippen molar-refractivity contribution in [3.05, 3.63) is 47.9 Å². The topological polar surface area (TPSA) is 86.9 Å². The Morgan fingerprint density at radius 1 is 1.33 bits per heavy atom. The van der Waals surface area contributed by atoms with Gasteiger partial charge in [0, 0.05) is 12.6 Å². The molecule has 3 rings (SSSR count). The number of benzene rings is 1. The Bertz CT molecular complexity index is 688. The molecule has 2 aromatic rings. The highest BCUT2D eigenvalue weighted by atomic mass is 35.5. The van der Waals surface area contributed by atoms with Gasteiger partial charge in [-0.15, -0.1) is 12.4 Å². The summed E-state index contributed by atoms with van der Waals surface area (Å²) in [4.78, 5) is 6.33. The molecule has 6 nitrogen and oxygen atoms in total. The Balaban J connectivity index is 0.00000161. The number of aromatic amines is 1. The summed E-state index contributed by atoms with van der Waals surface area (Å²) in [5, 5.41) is 3.43. The molecule has 0 saturated heterocycles. The van der Waals surface area contributed by atoms with Gasteiger partial charge in [-0.2, -0.15) is 0 Å². The number of nitrogens with one attached hydrogen (secondary N) is 3. The number of hydrogen-bond donors (Lipinski definition) is 3. The van der Waals surface area contributed by atoms with Crippen molar-refractivity contribution >= 4 is 22.4 Å². The van der Waals surface area contributed by atoms with Crippen LogP contribution in [0, 0.1) is 0 Å². The molecule has 1 unspecified atom stereocenters. The van der Waals surface area contributed by atoms with Gasteiger partial charge in [0.15, 0.2) is 5.03 Å². The molecular formula is C13H17ClN4O2S. The summed E-state index contributed by atoms with van der Waals surface area (Å²) >= 11 is 0. The van der Waals surface area contributed by atoms with Crippen molar-refractivity contribution in [2.45, 2.75) is 17.5 Å².